The number of carbonyl (C=O) groups is 5. The number of amides is 4. The van der Waals surface area contributed by atoms with E-state index < -0.39 is 64.5 Å². The molecule has 4 aliphatic rings. The van der Waals surface area contributed by atoms with Gasteiger partial charge in [0.1, 0.15) is 5.82 Å². The average Bonchev–Trinajstić information content (AvgIpc) is 3.50. The maximum atomic E-state index is 15.1. The molecule has 2 saturated heterocycles. The summed E-state index contributed by atoms with van der Waals surface area (Å²) >= 11 is 6.32. The second-order valence-corrected chi connectivity index (χ2v) is 14.0. The summed E-state index contributed by atoms with van der Waals surface area (Å²) in [6.45, 7) is -0.0318. The van der Waals surface area contributed by atoms with E-state index >= 15 is 4.79 Å². The Hall–Kier alpha value is -5.49. The molecule has 52 heavy (non-hydrogen) atoms. The van der Waals surface area contributed by atoms with E-state index in [4.69, 9.17) is 21.4 Å². The van der Waals surface area contributed by atoms with Gasteiger partial charge in [0.15, 0.2) is 11.5 Å². The van der Waals surface area contributed by atoms with Crippen LogP contribution in [-0.2, 0) is 29.4 Å². The molecule has 6 atom stereocenters. The van der Waals surface area contributed by atoms with Gasteiger partial charge in [-0.3, -0.25) is 34.3 Å². The number of hydrogen-bond acceptors (Lipinski definition) is 8. The number of rotatable bonds is 10. The van der Waals surface area contributed by atoms with E-state index in [1.807, 2.05) is 12.2 Å². The summed E-state index contributed by atoms with van der Waals surface area (Å²) in [6, 6.07) is 16.7. The molecule has 0 bridgehead atoms. The van der Waals surface area contributed by atoms with Crippen molar-refractivity contribution in [3.8, 4) is 11.5 Å². The zero-order valence-corrected chi connectivity index (χ0v) is 28.8. The van der Waals surface area contributed by atoms with Gasteiger partial charge in [0.25, 0.3) is 11.8 Å². The Morgan fingerprint density at radius 1 is 1.02 bits per heavy atom. The highest BCUT2D eigenvalue weighted by molar-refractivity contribution is 6.30. The molecule has 1 saturated carbocycles. The van der Waals surface area contributed by atoms with E-state index in [9.17, 15) is 28.7 Å². The van der Waals surface area contributed by atoms with Gasteiger partial charge < -0.3 is 14.9 Å². The first-order valence-electron chi connectivity index (χ1n) is 16.9. The number of anilines is 1. The highest BCUT2D eigenvalue weighted by atomic mass is 35.5. The average molecular weight is 728 g/mol. The number of aromatic hydroxyl groups is 1. The number of ether oxygens (including phenoxy) is 1. The molecule has 2 heterocycles. The number of carboxylic acid groups (broad SMARTS) is 1. The number of fused-ring (bicyclic) bond motifs is 4. The summed E-state index contributed by atoms with van der Waals surface area (Å²) in [4.78, 5) is 69.8. The van der Waals surface area contributed by atoms with Crippen molar-refractivity contribution in [1.82, 2.24) is 9.91 Å². The fraction of sp³-hybridized carbons (Fsp3) is 0.308. The molecule has 3 fully saturated rings. The van der Waals surface area contributed by atoms with Crippen molar-refractivity contribution in [2.24, 2.45) is 29.6 Å². The number of benzene rings is 3. The van der Waals surface area contributed by atoms with Crippen molar-refractivity contribution in [1.29, 1.82) is 0 Å². The molecule has 2 aliphatic carbocycles. The van der Waals surface area contributed by atoms with Crippen molar-refractivity contribution in [3.05, 3.63) is 106 Å². The summed E-state index contributed by atoms with van der Waals surface area (Å²) in [5.74, 6) is -7.18. The largest absolute Gasteiger partial charge is 0.504 e. The number of methoxy groups -OCH3 is 1. The van der Waals surface area contributed by atoms with Crippen LogP contribution in [0.1, 0.15) is 36.8 Å². The molecule has 3 N–H and O–H groups in total. The van der Waals surface area contributed by atoms with Crippen molar-refractivity contribution in [3.63, 3.8) is 0 Å². The Labute approximate surface area is 303 Å². The minimum atomic E-state index is -1.53. The highest BCUT2D eigenvalue weighted by Gasteiger charge is 2.69. The van der Waals surface area contributed by atoms with Gasteiger partial charge in [0, 0.05) is 23.9 Å². The standard InChI is InChI=1S/C39H35ClFN3O8/c1-52-32-19-21(5-17-31(32)45)4-16-29-26-14-15-27-34(37(50)43(35(27)48)18-2-3-33(46)47)28(26)20-30-36(49)44(42-25-12-10-24(41)11-13-25)38(51)39(29,30)22-6-8-23(40)9-7-22/h4-14,16-17,19,27-30,34,42,45H,2-3,15,18,20H2,1H3,(H,46,47). The van der Waals surface area contributed by atoms with Crippen LogP contribution in [0.3, 0.4) is 0 Å². The first-order chi connectivity index (χ1) is 24.9. The van der Waals surface area contributed by atoms with Crippen LogP contribution in [-0.4, -0.2) is 63.4 Å². The van der Waals surface area contributed by atoms with E-state index in [-0.39, 0.29) is 49.6 Å². The number of aliphatic carboxylic acids is 1. The van der Waals surface area contributed by atoms with Gasteiger partial charge >= 0.3 is 5.97 Å². The van der Waals surface area contributed by atoms with Crippen molar-refractivity contribution < 1.29 is 43.3 Å². The van der Waals surface area contributed by atoms with Crippen LogP contribution in [0.25, 0.3) is 6.08 Å². The third-order valence-electron chi connectivity index (χ3n) is 10.9. The van der Waals surface area contributed by atoms with Gasteiger partial charge in [-0.25, -0.2) is 4.39 Å². The number of nitrogens with one attached hydrogen (secondary N) is 1. The Morgan fingerprint density at radius 2 is 1.75 bits per heavy atom. The molecule has 13 heteroatoms. The van der Waals surface area contributed by atoms with Crippen LogP contribution in [0.5, 0.6) is 11.5 Å². The summed E-state index contributed by atoms with van der Waals surface area (Å²) < 4.78 is 19.1. The van der Waals surface area contributed by atoms with Crippen molar-refractivity contribution >= 4 is 53.0 Å². The third-order valence-corrected chi connectivity index (χ3v) is 11.1. The lowest BCUT2D eigenvalue weighted by Crippen LogP contribution is -2.54. The van der Waals surface area contributed by atoms with E-state index in [1.165, 1.54) is 37.4 Å². The first kappa shape index (κ1) is 34.9. The number of imide groups is 2. The Morgan fingerprint density at radius 3 is 2.44 bits per heavy atom. The Balaban J connectivity index is 1.38. The molecule has 268 valence electrons. The van der Waals surface area contributed by atoms with Crippen LogP contribution in [0.4, 0.5) is 10.1 Å². The van der Waals surface area contributed by atoms with E-state index in [0.717, 1.165) is 15.5 Å². The summed E-state index contributed by atoms with van der Waals surface area (Å²) in [5, 5.41) is 20.8. The van der Waals surface area contributed by atoms with Gasteiger partial charge in [-0.15, -0.1) is 0 Å². The van der Waals surface area contributed by atoms with Gasteiger partial charge in [-0.05, 0) is 84.8 Å². The molecule has 2 aliphatic heterocycles. The molecule has 0 radical (unpaired) electrons. The molecule has 11 nitrogen and oxygen atoms in total. The fourth-order valence-electron chi connectivity index (χ4n) is 8.58. The van der Waals surface area contributed by atoms with E-state index in [0.29, 0.717) is 21.8 Å². The second-order valence-electron chi connectivity index (χ2n) is 13.5. The number of carbonyl (C=O) groups excluding carboxylic acids is 4. The minimum Gasteiger partial charge on any atom is -0.504 e. The maximum absolute atomic E-state index is 15.1. The Kier molecular flexibility index (Phi) is 9.12. The van der Waals surface area contributed by atoms with Gasteiger partial charge in [-0.1, -0.05) is 53.6 Å². The minimum absolute atomic E-state index is 0.0318. The van der Waals surface area contributed by atoms with Crippen LogP contribution in [0, 0.1) is 35.4 Å². The topological polar surface area (TPSA) is 154 Å². The summed E-state index contributed by atoms with van der Waals surface area (Å²) in [5.41, 5.74) is 3.56. The summed E-state index contributed by atoms with van der Waals surface area (Å²) in [6.07, 6.45) is 5.70. The van der Waals surface area contributed by atoms with E-state index in [2.05, 4.69) is 5.43 Å². The first-order valence-corrected chi connectivity index (χ1v) is 17.3. The lowest BCUT2D eigenvalue weighted by molar-refractivity contribution is -0.142. The predicted molar refractivity (Wildman–Crippen MR) is 187 cm³/mol. The number of phenolic OH excluding ortho intramolecular Hbond substituents is 1. The zero-order valence-electron chi connectivity index (χ0n) is 28.0. The SMILES string of the molecule is COc1cc(C=CC2C3=CCC4C(=O)N(CCCC(=O)O)C(=O)C4C3CC3C(=O)N(Nc4ccc(F)cc4)C(=O)C23c2ccc(Cl)cc2)ccc1O. The molecule has 0 aromatic heterocycles. The van der Waals surface area contributed by atoms with Crippen molar-refractivity contribution in [2.75, 3.05) is 19.1 Å². The number of phenols is 1. The fourth-order valence-corrected chi connectivity index (χ4v) is 8.71. The monoisotopic (exact) mass is 727 g/mol. The number of hydrazine groups is 1. The quantitative estimate of drug-likeness (QED) is 0.179. The summed E-state index contributed by atoms with van der Waals surface area (Å²) in [7, 11) is 1.42. The molecule has 7 rings (SSSR count). The number of allylic oxidation sites excluding steroid dienone is 3. The van der Waals surface area contributed by atoms with Crippen LogP contribution in [0.2, 0.25) is 5.02 Å². The lowest BCUT2D eigenvalue weighted by atomic mass is 9.50. The number of halogens is 2. The van der Waals surface area contributed by atoms with Gasteiger partial charge in [-0.2, -0.15) is 5.01 Å². The van der Waals surface area contributed by atoms with Crippen LogP contribution >= 0.6 is 11.6 Å². The molecule has 3 aromatic rings. The number of carboxylic acids is 1. The predicted octanol–water partition coefficient (Wildman–Crippen LogP) is 5.59. The second kappa shape index (κ2) is 13.6. The van der Waals surface area contributed by atoms with Crippen LogP contribution in [0.15, 0.2) is 84.5 Å². The highest BCUT2D eigenvalue weighted by Crippen LogP contribution is 2.61. The third kappa shape index (κ3) is 5.71. The zero-order chi connectivity index (χ0) is 36.9. The molecular weight excluding hydrogens is 693 g/mol. The molecular formula is C39H35ClFN3O8. The normalized spacial score (nSPS) is 26.7. The maximum Gasteiger partial charge on any atom is 0.303 e. The van der Waals surface area contributed by atoms with Crippen LogP contribution < -0.4 is 10.2 Å². The lowest BCUT2D eigenvalue weighted by Gasteiger charge is -2.49. The van der Waals surface area contributed by atoms with E-state index in [1.54, 1.807) is 42.5 Å². The molecule has 4 amide bonds. The number of likely N-dealkylation sites (tertiary alicyclic amines) is 1. The van der Waals surface area contributed by atoms with Gasteiger partial charge in [0.05, 0.1) is 36.0 Å². The number of nitrogens with zero attached hydrogens (tertiary/aromatic N) is 2. The van der Waals surface area contributed by atoms with Crippen molar-refractivity contribution in [2.45, 2.75) is 31.1 Å². The smallest absolute Gasteiger partial charge is 0.303 e. The Bertz CT molecular complexity index is 2030. The molecule has 6 unspecified atom stereocenters. The molecule has 0 spiro atoms. The van der Waals surface area contributed by atoms with Gasteiger partial charge in [0.2, 0.25) is 11.8 Å². The number of hydrogen-bond donors (Lipinski definition) is 3. The molecule has 3 aromatic carbocycles.